The number of rotatable bonds is 9. The zero-order chi connectivity index (χ0) is 24.0. The first-order chi connectivity index (χ1) is 15.8. The first-order valence-corrected chi connectivity index (χ1v) is 11.2. The van der Waals surface area contributed by atoms with Gasteiger partial charge in [-0.1, -0.05) is 61.3 Å². The molecule has 0 fully saturated rings. The molecule has 0 radical (unpaired) electrons. The molecule has 0 aliphatic carbocycles. The van der Waals surface area contributed by atoms with Crippen molar-refractivity contribution in [3.63, 3.8) is 0 Å². The number of aromatic nitrogens is 2. The third-order valence-corrected chi connectivity index (χ3v) is 5.77. The molecule has 1 heterocycles. The first kappa shape index (κ1) is 24.1. The van der Waals surface area contributed by atoms with Crippen LogP contribution in [0.1, 0.15) is 30.9 Å². The fraction of sp³-hybridized carbons (Fsp3) is 0.292. The largest absolute Gasteiger partial charge is 0.383 e. The topological polar surface area (TPSA) is 113 Å². The number of nitrogens with one attached hydrogen (secondary N) is 2. The summed E-state index contributed by atoms with van der Waals surface area (Å²) >= 11 is 6.17. The summed E-state index contributed by atoms with van der Waals surface area (Å²) in [6, 6.07) is 14.7. The van der Waals surface area contributed by atoms with Gasteiger partial charge in [0.2, 0.25) is 5.91 Å². The number of aromatic amines is 1. The lowest BCUT2D eigenvalue weighted by Crippen LogP contribution is -2.41. The Kier molecular flexibility index (Phi) is 7.95. The molecule has 33 heavy (non-hydrogen) atoms. The monoisotopic (exact) mass is 469 g/mol. The molecule has 0 bridgehead atoms. The Morgan fingerprint density at radius 2 is 1.88 bits per heavy atom. The van der Waals surface area contributed by atoms with Gasteiger partial charge in [0.25, 0.3) is 5.56 Å². The van der Waals surface area contributed by atoms with Crippen LogP contribution in [0.5, 0.6) is 0 Å². The molecule has 0 aliphatic heterocycles. The maximum atomic E-state index is 13.0. The van der Waals surface area contributed by atoms with Gasteiger partial charge in [0.15, 0.2) is 0 Å². The molecule has 174 valence electrons. The predicted molar refractivity (Wildman–Crippen MR) is 133 cm³/mol. The van der Waals surface area contributed by atoms with Crippen molar-refractivity contribution in [3.8, 4) is 0 Å². The fourth-order valence-corrected chi connectivity index (χ4v) is 3.72. The number of nitrogens with two attached hydrogens (primary N) is 1. The van der Waals surface area contributed by atoms with Gasteiger partial charge in [-0.2, -0.15) is 0 Å². The second kappa shape index (κ2) is 10.9. The van der Waals surface area contributed by atoms with Crippen molar-refractivity contribution in [2.24, 2.45) is 0 Å². The van der Waals surface area contributed by atoms with Crippen LogP contribution in [0.25, 0.3) is 0 Å². The molecule has 8 nitrogen and oxygen atoms in total. The second-order valence-corrected chi connectivity index (χ2v) is 8.21. The van der Waals surface area contributed by atoms with Crippen LogP contribution < -0.4 is 27.2 Å². The average molecular weight is 470 g/mol. The van der Waals surface area contributed by atoms with Crippen LogP contribution in [0, 0.1) is 6.92 Å². The summed E-state index contributed by atoms with van der Waals surface area (Å²) in [5.41, 5.74) is 7.41. The first-order valence-electron chi connectivity index (χ1n) is 10.8. The van der Waals surface area contributed by atoms with E-state index in [-0.39, 0.29) is 30.5 Å². The third-order valence-electron chi connectivity index (χ3n) is 5.36. The minimum atomic E-state index is -0.632. The van der Waals surface area contributed by atoms with Crippen LogP contribution in [0.3, 0.4) is 0 Å². The molecule has 3 aromatic rings. The van der Waals surface area contributed by atoms with Crippen molar-refractivity contribution in [2.45, 2.75) is 39.8 Å². The summed E-state index contributed by atoms with van der Waals surface area (Å²) in [5, 5.41) is 3.39. The molecule has 0 atom stereocenters. The molecular formula is C24H28ClN5O3. The van der Waals surface area contributed by atoms with Crippen LogP contribution in [0.4, 0.5) is 17.2 Å². The van der Waals surface area contributed by atoms with E-state index in [9.17, 15) is 14.4 Å². The Balaban J connectivity index is 1.98. The summed E-state index contributed by atoms with van der Waals surface area (Å²) in [6.07, 6.45) is 1.58. The van der Waals surface area contributed by atoms with Crippen molar-refractivity contribution < 1.29 is 4.79 Å². The van der Waals surface area contributed by atoms with Crippen LogP contribution >= 0.6 is 11.6 Å². The molecule has 3 rings (SSSR count). The summed E-state index contributed by atoms with van der Waals surface area (Å²) < 4.78 is 1.34. The minimum absolute atomic E-state index is 0.0415. The number of halogens is 1. The van der Waals surface area contributed by atoms with Crippen molar-refractivity contribution in [1.29, 1.82) is 0 Å². The zero-order valence-corrected chi connectivity index (χ0v) is 19.5. The van der Waals surface area contributed by atoms with E-state index in [1.165, 1.54) is 4.57 Å². The minimum Gasteiger partial charge on any atom is -0.383 e. The van der Waals surface area contributed by atoms with Crippen molar-refractivity contribution in [2.75, 3.05) is 22.5 Å². The molecule has 0 saturated carbocycles. The van der Waals surface area contributed by atoms with Crippen molar-refractivity contribution >= 4 is 34.7 Å². The fourth-order valence-electron chi connectivity index (χ4n) is 3.54. The number of carbonyl (C=O) groups is 1. The number of hydrogen-bond acceptors (Lipinski definition) is 5. The van der Waals surface area contributed by atoms with Gasteiger partial charge in [0.05, 0.1) is 6.54 Å². The van der Waals surface area contributed by atoms with Gasteiger partial charge in [-0.25, -0.2) is 4.79 Å². The summed E-state index contributed by atoms with van der Waals surface area (Å²) in [4.78, 5) is 42.1. The molecule has 0 spiro atoms. The summed E-state index contributed by atoms with van der Waals surface area (Å²) in [5.74, 6) is -0.304. The predicted octanol–water partition coefficient (Wildman–Crippen LogP) is 3.53. The summed E-state index contributed by atoms with van der Waals surface area (Å²) in [6.45, 7) is 4.28. The molecule has 1 amide bonds. The normalized spacial score (nSPS) is 10.8. The lowest BCUT2D eigenvalue weighted by Gasteiger charge is -2.26. The van der Waals surface area contributed by atoms with Gasteiger partial charge in [0.1, 0.15) is 11.5 Å². The Morgan fingerprint density at radius 1 is 1.15 bits per heavy atom. The number of nitrogen functional groups attached to an aromatic ring is 1. The SMILES string of the molecule is CCCCn1c(N)c(N(CC(=O)Nc2cccc(Cl)c2C)Cc2ccccc2)c(=O)[nH]c1=O. The van der Waals surface area contributed by atoms with E-state index in [1.54, 1.807) is 23.1 Å². The molecule has 0 saturated heterocycles. The van der Waals surface area contributed by atoms with E-state index in [0.717, 1.165) is 24.0 Å². The maximum absolute atomic E-state index is 13.0. The highest BCUT2D eigenvalue weighted by atomic mass is 35.5. The number of unbranched alkanes of at least 4 members (excludes halogenated alkanes) is 1. The van der Waals surface area contributed by atoms with Gasteiger partial charge in [0, 0.05) is 23.8 Å². The molecule has 2 aromatic carbocycles. The number of amides is 1. The van der Waals surface area contributed by atoms with Crippen LogP contribution in [0.15, 0.2) is 58.1 Å². The number of benzene rings is 2. The zero-order valence-electron chi connectivity index (χ0n) is 18.7. The quantitative estimate of drug-likeness (QED) is 0.443. The lowest BCUT2D eigenvalue weighted by atomic mass is 10.2. The van der Waals surface area contributed by atoms with Crippen LogP contribution in [-0.2, 0) is 17.9 Å². The lowest BCUT2D eigenvalue weighted by molar-refractivity contribution is -0.115. The van der Waals surface area contributed by atoms with Gasteiger partial charge >= 0.3 is 5.69 Å². The number of hydrogen-bond donors (Lipinski definition) is 3. The van der Waals surface area contributed by atoms with E-state index >= 15 is 0 Å². The highest BCUT2D eigenvalue weighted by Crippen LogP contribution is 2.24. The number of nitrogens with zero attached hydrogens (tertiary/aromatic N) is 2. The molecule has 0 unspecified atom stereocenters. The van der Waals surface area contributed by atoms with E-state index in [1.807, 2.05) is 44.2 Å². The standard InChI is InChI=1S/C24H28ClN5O3/c1-3-4-13-30-22(26)21(23(32)28-24(30)33)29(14-17-9-6-5-7-10-17)15-20(31)27-19-12-8-11-18(25)16(19)2/h5-12H,3-4,13-15,26H2,1-2H3,(H,27,31)(H,28,32,33). The van der Waals surface area contributed by atoms with Crippen molar-refractivity contribution in [3.05, 3.63) is 85.5 Å². The van der Waals surface area contributed by atoms with Gasteiger partial charge in [-0.15, -0.1) is 0 Å². The van der Waals surface area contributed by atoms with Gasteiger partial charge < -0.3 is 16.0 Å². The Bertz CT molecular complexity index is 1240. The maximum Gasteiger partial charge on any atom is 0.330 e. The van der Waals surface area contributed by atoms with Crippen LogP contribution in [0.2, 0.25) is 5.02 Å². The Hall–Kier alpha value is -3.52. The van der Waals surface area contributed by atoms with E-state index < -0.39 is 11.2 Å². The third kappa shape index (κ3) is 5.84. The summed E-state index contributed by atoms with van der Waals surface area (Å²) in [7, 11) is 0. The molecule has 9 heteroatoms. The van der Waals surface area contributed by atoms with E-state index in [4.69, 9.17) is 17.3 Å². The highest BCUT2D eigenvalue weighted by molar-refractivity contribution is 6.31. The van der Waals surface area contributed by atoms with Crippen molar-refractivity contribution in [1.82, 2.24) is 9.55 Å². The molecule has 4 N–H and O–H groups in total. The van der Waals surface area contributed by atoms with Crippen LogP contribution in [-0.4, -0.2) is 22.0 Å². The Labute approximate surface area is 197 Å². The van der Waals surface area contributed by atoms with Gasteiger partial charge in [-0.05, 0) is 36.6 Å². The smallest absolute Gasteiger partial charge is 0.330 e. The molecule has 1 aromatic heterocycles. The molecule has 0 aliphatic rings. The van der Waals surface area contributed by atoms with Gasteiger partial charge in [-0.3, -0.25) is 19.1 Å². The van der Waals surface area contributed by atoms with E-state index in [0.29, 0.717) is 17.3 Å². The second-order valence-electron chi connectivity index (χ2n) is 7.80. The Morgan fingerprint density at radius 3 is 2.58 bits per heavy atom. The number of H-pyrrole nitrogens is 1. The number of anilines is 3. The molecular weight excluding hydrogens is 442 g/mol. The average Bonchev–Trinajstić information content (AvgIpc) is 2.77. The van der Waals surface area contributed by atoms with E-state index in [2.05, 4.69) is 10.3 Å². The number of carbonyl (C=O) groups excluding carboxylic acids is 1. The highest BCUT2D eigenvalue weighted by Gasteiger charge is 2.22.